The number of anilines is 1. The Bertz CT molecular complexity index is 707. The Morgan fingerprint density at radius 1 is 1.25 bits per heavy atom. The monoisotopic (exact) mass is 307 g/mol. The topological polar surface area (TPSA) is 80.5 Å². The standard InChI is InChI=1S/C12H10FN5S2/c13-8-3-1-7(2-4-8)10-15-9(5-19-10)6-20-12-16-11(14)17-18-12/h1-5H,6H2,(H3,14,16,17,18). The highest BCUT2D eigenvalue weighted by Crippen LogP contribution is 2.27. The first-order chi connectivity index (χ1) is 9.70. The van der Waals surface area contributed by atoms with Crippen molar-refractivity contribution < 1.29 is 4.39 Å². The van der Waals surface area contributed by atoms with Crippen molar-refractivity contribution >= 4 is 29.0 Å². The van der Waals surface area contributed by atoms with Crippen molar-refractivity contribution in [1.82, 2.24) is 20.2 Å². The molecular weight excluding hydrogens is 297 g/mol. The van der Waals surface area contributed by atoms with Crippen LogP contribution in [0.2, 0.25) is 0 Å². The van der Waals surface area contributed by atoms with Crippen molar-refractivity contribution in [3.05, 3.63) is 41.2 Å². The van der Waals surface area contributed by atoms with Crippen LogP contribution in [0.15, 0.2) is 34.8 Å². The van der Waals surface area contributed by atoms with E-state index in [1.807, 2.05) is 5.38 Å². The van der Waals surface area contributed by atoms with E-state index in [2.05, 4.69) is 20.2 Å². The second-order valence-corrected chi connectivity index (χ2v) is 5.74. The molecule has 20 heavy (non-hydrogen) atoms. The summed E-state index contributed by atoms with van der Waals surface area (Å²) < 4.78 is 12.9. The SMILES string of the molecule is Nc1nc(SCc2csc(-c3ccc(F)cc3)n2)n[nH]1. The van der Waals surface area contributed by atoms with Crippen LogP contribution in [-0.2, 0) is 5.75 Å². The number of rotatable bonds is 4. The van der Waals surface area contributed by atoms with Crippen molar-refractivity contribution in [1.29, 1.82) is 0 Å². The molecule has 102 valence electrons. The third-order valence-electron chi connectivity index (χ3n) is 2.47. The number of benzene rings is 1. The van der Waals surface area contributed by atoms with Crippen molar-refractivity contribution in [2.45, 2.75) is 10.9 Å². The average Bonchev–Trinajstić information content (AvgIpc) is 3.06. The van der Waals surface area contributed by atoms with Gasteiger partial charge in [0.2, 0.25) is 11.1 Å². The van der Waals surface area contributed by atoms with Gasteiger partial charge in [-0.3, -0.25) is 0 Å². The van der Waals surface area contributed by atoms with Crippen LogP contribution in [0.5, 0.6) is 0 Å². The minimum absolute atomic E-state index is 0.247. The fourth-order valence-corrected chi connectivity index (χ4v) is 3.19. The van der Waals surface area contributed by atoms with Gasteiger partial charge in [0.1, 0.15) is 10.8 Å². The predicted octanol–water partition coefficient (Wildman–Crippen LogP) is 2.94. The van der Waals surface area contributed by atoms with Crippen molar-refractivity contribution in [3.8, 4) is 10.6 Å². The molecule has 1 aromatic carbocycles. The largest absolute Gasteiger partial charge is 0.368 e. The molecule has 8 heteroatoms. The van der Waals surface area contributed by atoms with E-state index in [9.17, 15) is 4.39 Å². The molecule has 2 aromatic heterocycles. The van der Waals surface area contributed by atoms with Crippen LogP contribution in [0.3, 0.4) is 0 Å². The summed E-state index contributed by atoms with van der Waals surface area (Å²) in [6.45, 7) is 0. The van der Waals surface area contributed by atoms with Gasteiger partial charge in [0.15, 0.2) is 0 Å². The zero-order valence-electron chi connectivity index (χ0n) is 10.2. The number of thioether (sulfide) groups is 1. The number of hydrogen-bond donors (Lipinski definition) is 2. The number of thiazole rings is 1. The van der Waals surface area contributed by atoms with Gasteiger partial charge in [0.25, 0.3) is 0 Å². The number of nitrogens with two attached hydrogens (primary N) is 1. The molecule has 0 fully saturated rings. The molecule has 0 unspecified atom stereocenters. The number of hydrogen-bond acceptors (Lipinski definition) is 6. The third-order valence-corrected chi connectivity index (χ3v) is 4.30. The number of nitrogen functional groups attached to an aromatic ring is 1. The van der Waals surface area contributed by atoms with Crippen molar-refractivity contribution in [2.75, 3.05) is 5.73 Å². The van der Waals surface area contributed by atoms with Crippen LogP contribution in [0.4, 0.5) is 10.3 Å². The number of halogens is 1. The van der Waals surface area contributed by atoms with Gasteiger partial charge in [-0.1, -0.05) is 11.8 Å². The molecule has 0 amide bonds. The Morgan fingerprint density at radius 2 is 2.05 bits per heavy atom. The summed E-state index contributed by atoms with van der Waals surface area (Å²) in [5.41, 5.74) is 7.30. The Balaban J connectivity index is 1.69. The van der Waals surface area contributed by atoms with E-state index in [1.54, 1.807) is 12.1 Å². The van der Waals surface area contributed by atoms with Gasteiger partial charge >= 0.3 is 0 Å². The second-order valence-electron chi connectivity index (χ2n) is 3.94. The lowest BCUT2D eigenvalue weighted by atomic mass is 10.2. The molecule has 0 spiro atoms. The van der Waals surface area contributed by atoms with Crippen LogP contribution in [0.25, 0.3) is 10.6 Å². The quantitative estimate of drug-likeness (QED) is 0.724. The maximum Gasteiger partial charge on any atom is 0.216 e. The van der Waals surface area contributed by atoms with E-state index in [0.717, 1.165) is 16.3 Å². The first-order valence-corrected chi connectivity index (χ1v) is 7.58. The van der Waals surface area contributed by atoms with E-state index >= 15 is 0 Å². The molecule has 0 atom stereocenters. The van der Waals surface area contributed by atoms with Gasteiger partial charge in [-0.25, -0.2) is 14.5 Å². The number of aromatic amines is 1. The molecule has 0 saturated carbocycles. The summed E-state index contributed by atoms with van der Waals surface area (Å²) >= 11 is 2.98. The Kier molecular flexibility index (Phi) is 3.66. The fourth-order valence-electron chi connectivity index (χ4n) is 1.56. The van der Waals surface area contributed by atoms with Crippen LogP contribution in [-0.4, -0.2) is 20.2 Å². The molecule has 0 aliphatic rings. The predicted molar refractivity (Wildman–Crippen MR) is 77.9 cm³/mol. The van der Waals surface area contributed by atoms with Gasteiger partial charge < -0.3 is 5.73 Å². The molecule has 5 nitrogen and oxygen atoms in total. The second kappa shape index (κ2) is 5.59. The average molecular weight is 307 g/mol. The molecule has 0 aliphatic carbocycles. The third kappa shape index (κ3) is 2.97. The van der Waals surface area contributed by atoms with E-state index in [1.165, 1.54) is 35.2 Å². The van der Waals surface area contributed by atoms with Gasteiger partial charge in [0.05, 0.1) is 5.69 Å². The summed E-state index contributed by atoms with van der Waals surface area (Å²) in [5.74, 6) is 0.718. The lowest BCUT2D eigenvalue weighted by Gasteiger charge is -1.95. The Labute approximate surface area is 122 Å². The molecule has 0 saturated heterocycles. The lowest BCUT2D eigenvalue weighted by molar-refractivity contribution is 0.628. The molecule has 3 N–H and O–H groups in total. The van der Waals surface area contributed by atoms with E-state index in [4.69, 9.17) is 5.73 Å². The molecule has 3 aromatic rings. The Hall–Kier alpha value is -1.93. The van der Waals surface area contributed by atoms with Crippen molar-refractivity contribution in [3.63, 3.8) is 0 Å². The van der Waals surface area contributed by atoms with Crippen LogP contribution in [0.1, 0.15) is 5.69 Å². The highest BCUT2D eigenvalue weighted by atomic mass is 32.2. The zero-order valence-corrected chi connectivity index (χ0v) is 11.8. The molecule has 0 aliphatic heterocycles. The number of nitrogens with one attached hydrogen (secondary N) is 1. The first-order valence-electron chi connectivity index (χ1n) is 5.72. The smallest absolute Gasteiger partial charge is 0.216 e. The highest BCUT2D eigenvalue weighted by molar-refractivity contribution is 7.98. The van der Waals surface area contributed by atoms with Crippen molar-refractivity contribution in [2.24, 2.45) is 0 Å². The van der Waals surface area contributed by atoms with Gasteiger partial charge in [-0.15, -0.1) is 16.4 Å². The van der Waals surface area contributed by atoms with Gasteiger partial charge in [0, 0.05) is 16.7 Å². The highest BCUT2D eigenvalue weighted by Gasteiger charge is 2.07. The summed E-state index contributed by atoms with van der Waals surface area (Å²) in [4.78, 5) is 8.52. The summed E-state index contributed by atoms with van der Waals surface area (Å²) in [5, 5.41) is 9.97. The number of aromatic nitrogens is 4. The van der Waals surface area contributed by atoms with Gasteiger partial charge in [-0.2, -0.15) is 4.98 Å². The maximum atomic E-state index is 12.9. The Morgan fingerprint density at radius 3 is 2.75 bits per heavy atom. The number of H-pyrrole nitrogens is 1. The van der Waals surface area contributed by atoms with Crippen LogP contribution >= 0.6 is 23.1 Å². The lowest BCUT2D eigenvalue weighted by Crippen LogP contribution is -1.85. The van der Waals surface area contributed by atoms with E-state index in [0.29, 0.717) is 16.9 Å². The zero-order chi connectivity index (χ0) is 13.9. The molecule has 0 bridgehead atoms. The molecule has 3 rings (SSSR count). The summed E-state index contributed by atoms with van der Waals surface area (Å²) in [7, 11) is 0. The summed E-state index contributed by atoms with van der Waals surface area (Å²) in [6, 6.07) is 6.31. The normalized spacial score (nSPS) is 10.8. The molecular formula is C12H10FN5S2. The van der Waals surface area contributed by atoms with Crippen LogP contribution in [0, 0.1) is 5.82 Å². The first kappa shape index (κ1) is 13.1. The van der Waals surface area contributed by atoms with Crippen LogP contribution < -0.4 is 5.73 Å². The number of nitrogens with zero attached hydrogens (tertiary/aromatic N) is 3. The maximum absolute atomic E-state index is 12.9. The minimum atomic E-state index is -0.247. The summed E-state index contributed by atoms with van der Waals surface area (Å²) in [6.07, 6.45) is 0. The van der Waals surface area contributed by atoms with E-state index < -0.39 is 0 Å². The van der Waals surface area contributed by atoms with Gasteiger partial charge in [-0.05, 0) is 24.3 Å². The van der Waals surface area contributed by atoms with E-state index in [-0.39, 0.29) is 5.82 Å². The fraction of sp³-hybridized carbons (Fsp3) is 0.0833. The molecule has 2 heterocycles. The molecule has 0 radical (unpaired) electrons. The minimum Gasteiger partial charge on any atom is -0.368 e.